The summed E-state index contributed by atoms with van der Waals surface area (Å²) in [5.41, 5.74) is 9.07. The summed E-state index contributed by atoms with van der Waals surface area (Å²) in [5, 5.41) is 0. The minimum absolute atomic E-state index is 0. The molecule has 0 aliphatic carbocycles. The second-order valence-corrected chi connectivity index (χ2v) is 3.14. The van der Waals surface area contributed by atoms with Crippen molar-refractivity contribution in [3.8, 4) is 11.1 Å². The SMILES string of the molecule is Cl.Cl.NCc1ccc(-c2ccncc2)cc1. The highest BCUT2D eigenvalue weighted by Crippen LogP contribution is 2.18. The molecule has 0 saturated heterocycles. The summed E-state index contributed by atoms with van der Waals surface area (Å²) >= 11 is 0. The Bertz CT molecular complexity index is 401. The first-order valence-corrected chi connectivity index (χ1v) is 4.59. The highest BCUT2D eigenvalue weighted by Gasteiger charge is 1.95. The average Bonchev–Trinajstić information content (AvgIpc) is 2.30. The molecule has 0 spiro atoms. The molecule has 1 aromatic heterocycles. The van der Waals surface area contributed by atoms with Crippen LogP contribution in [0.25, 0.3) is 11.1 Å². The largest absolute Gasteiger partial charge is 0.326 e. The van der Waals surface area contributed by atoms with Crippen molar-refractivity contribution in [2.45, 2.75) is 6.54 Å². The summed E-state index contributed by atoms with van der Waals surface area (Å²) in [6.45, 7) is 0.594. The van der Waals surface area contributed by atoms with E-state index in [0.717, 1.165) is 5.56 Å². The van der Waals surface area contributed by atoms with E-state index in [4.69, 9.17) is 5.73 Å². The van der Waals surface area contributed by atoms with Gasteiger partial charge in [0.05, 0.1) is 0 Å². The van der Waals surface area contributed by atoms with Crippen molar-refractivity contribution in [3.05, 3.63) is 54.4 Å². The molecule has 2 aromatic rings. The maximum Gasteiger partial charge on any atom is 0.0273 e. The molecule has 0 fully saturated rings. The maximum absolute atomic E-state index is 5.53. The maximum atomic E-state index is 5.53. The number of pyridine rings is 1. The summed E-state index contributed by atoms with van der Waals surface area (Å²) in [5.74, 6) is 0. The van der Waals surface area contributed by atoms with Crippen LogP contribution in [0.3, 0.4) is 0 Å². The van der Waals surface area contributed by atoms with E-state index in [1.54, 1.807) is 12.4 Å². The molecular formula is C12H14Cl2N2. The van der Waals surface area contributed by atoms with Crippen LogP contribution in [0.5, 0.6) is 0 Å². The molecule has 86 valence electrons. The van der Waals surface area contributed by atoms with Crippen molar-refractivity contribution in [1.82, 2.24) is 4.98 Å². The molecule has 0 bridgehead atoms. The van der Waals surface area contributed by atoms with Crippen LogP contribution >= 0.6 is 24.8 Å². The standard InChI is InChI=1S/C12H12N2.2ClH/c13-9-10-1-3-11(4-2-10)12-5-7-14-8-6-12;;/h1-8H,9,13H2;2*1H. The Kier molecular flexibility index (Phi) is 6.74. The molecule has 0 radical (unpaired) electrons. The third kappa shape index (κ3) is 3.49. The van der Waals surface area contributed by atoms with Crippen LogP contribution in [0.2, 0.25) is 0 Å². The number of rotatable bonds is 2. The van der Waals surface area contributed by atoms with Gasteiger partial charge in [-0.2, -0.15) is 0 Å². The zero-order valence-corrected chi connectivity index (χ0v) is 10.3. The van der Waals surface area contributed by atoms with Crippen LogP contribution in [0.15, 0.2) is 48.8 Å². The number of nitrogens with two attached hydrogens (primary N) is 1. The molecule has 0 aliphatic heterocycles. The van der Waals surface area contributed by atoms with Crippen molar-refractivity contribution in [2.24, 2.45) is 5.73 Å². The fourth-order valence-corrected chi connectivity index (χ4v) is 1.38. The zero-order valence-electron chi connectivity index (χ0n) is 8.67. The lowest BCUT2D eigenvalue weighted by Crippen LogP contribution is -1.95. The molecule has 0 aliphatic rings. The molecular weight excluding hydrogens is 243 g/mol. The Labute approximate surface area is 108 Å². The van der Waals surface area contributed by atoms with Crippen LogP contribution in [-0.4, -0.2) is 4.98 Å². The van der Waals surface area contributed by atoms with Gasteiger partial charge in [-0.25, -0.2) is 0 Å². The fraction of sp³-hybridized carbons (Fsp3) is 0.0833. The first-order chi connectivity index (χ1) is 6.90. The Morgan fingerprint density at radius 3 is 1.81 bits per heavy atom. The lowest BCUT2D eigenvalue weighted by molar-refractivity contribution is 1.07. The second kappa shape index (κ2) is 7.23. The van der Waals surface area contributed by atoms with E-state index < -0.39 is 0 Å². The quantitative estimate of drug-likeness (QED) is 0.898. The summed E-state index contributed by atoms with van der Waals surface area (Å²) in [4.78, 5) is 3.98. The van der Waals surface area contributed by atoms with Gasteiger partial charge in [-0.3, -0.25) is 4.98 Å². The molecule has 2 nitrogen and oxygen atoms in total. The smallest absolute Gasteiger partial charge is 0.0273 e. The molecule has 16 heavy (non-hydrogen) atoms. The number of benzene rings is 1. The van der Waals surface area contributed by atoms with E-state index in [1.165, 1.54) is 11.1 Å². The Balaban J connectivity index is 0.00000112. The fourth-order valence-electron chi connectivity index (χ4n) is 1.38. The first kappa shape index (κ1) is 14.9. The van der Waals surface area contributed by atoms with Crippen molar-refractivity contribution in [2.75, 3.05) is 0 Å². The van der Waals surface area contributed by atoms with E-state index >= 15 is 0 Å². The molecule has 0 atom stereocenters. The molecule has 0 saturated carbocycles. The highest BCUT2D eigenvalue weighted by molar-refractivity contribution is 5.85. The number of nitrogens with zero attached hydrogens (tertiary/aromatic N) is 1. The van der Waals surface area contributed by atoms with Gasteiger partial charge in [-0.05, 0) is 28.8 Å². The summed E-state index contributed by atoms with van der Waals surface area (Å²) in [7, 11) is 0. The molecule has 0 unspecified atom stereocenters. The van der Waals surface area contributed by atoms with Crippen LogP contribution in [0.1, 0.15) is 5.56 Å². The van der Waals surface area contributed by atoms with E-state index in [1.807, 2.05) is 12.1 Å². The normalized spacial score (nSPS) is 8.81. The zero-order chi connectivity index (χ0) is 9.80. The predicted octanol–water partition coefficient (Wildman–Crippen LogP) is 3.05. The average molecular weight is 257 g/mol. The van der Waals surface area contributed by atoms with E-state index in [-0.39, 0.29) is 24.8 Å². The van der Waals surface area contributed by atoms with Crippen LogP contribution < -0.4 is 5.73 Å². The summed E-state index contributed by atoms with van der Waals surface area (Å²) in [6, 6.07) is 12.3. The number of hydrogen-bond acceptors (Lipinski definition) is 2. The van der Waals surface area contributed by atoms with E-state index in [9.17, 15) is 0 Å². The van der Waals surface area contributed by atoms with Crippen molar-refractivity contribution in [1.29, 1.82) is 0 Å². The number of halogens is 2. The first-order valence-electron chi connectivity index (χ1n) is 4.59. The number of aromatic nitrogens is 1. The molecule has 4 heteroatoms. The van der Waals surface area contributed by atoms with Gasteiger partial charge >= 0.3 is 0 Å². The molecule has 1 aromatic carbocycles. The summed E-state index contributed by atoms with van der Waals surface area (Å²) in [6.07, 6.45) is 3.60. The van der Waals surface area contributed by atoms with Gasteiger partial charge in [0, 0.05) is 18.9 Å². The molecule has 2 rings (SSSR count). The van der Waals surface area contributed by atoms with Gasteiger partial charge in [0.25, 0.3) is 0 Å². The Morgan fingerprint density at radius 2 is 1.31 bits per heavy atom. The van der Waals surface area contributed by atoms with E-state index in [0.29, 0.717) is 6.54 Å². The third-order valence-corrected chi connectivity index (χ3v) is 2.20. The van der Waals surface area contributed by atoms with Crippen molar-refractivity contribution in [3.63, 3.8) is 0 Å². The molecule has 1 heterocycles. The van der Waals surface area contributed by atoms with Crippen molar-refractivity contribution < 1.29 is 0 Å². The van der Waals surface area contributed by atoms with Gasteiger partial charge in [-0.1, -0.05) is 24.3 Å². The predicted molar refractivity (Wildman–Crippen MR) is 72.1 cm³/mol. The van der Waals surface area contributed by atoms with Crippen LogP contribution in [-0.2, 0) is 6.54 Å². The van der Waals surface area contributed by atoms with Crippen molar-refractivity contribution >= 4 is 24.8 Å². The minimum Gasteiger partial charge on any atom is -0.326 e. The van der Waals surface area contributed by atoms with Gasteiger partial charge in [0.15, 0.2) is 0 Å². The minimum atomic E-state index is 0. The monoisotopic (exact) mass is 256 g/mol. The lowest BCUT2D eigenvalue weighted by Gasteiger charge is -2.01. The Morgan fingerprint density at radius 1 is 0.812 bits per heavy atom. The van der Waals surface area contributed by atoms with Gasteiger partial charge in [-0.15, -0.1) is 24.8 Å². The second-order valence-electron chi connectivity index (χ2n) is 3.14. The lowest BCUT2D eigenvalue weighted by atomic mass is 10.1. The van der Waals surface area contributed by atoms with E-state index in [2.05, 4.69) is 29.2 Å². The third-order valence-electron chi connectivity index (χ3n) is 2.20. The number of hydrogen-bond donors (Lipinski definition) is 1. The summed E-state index contributed by atoms with van der Waals surface area (Å²) < 4.78 is 0. The molecule has 0 amide bonds. The highest BCUT2D eigenvalue weighted by atomic mass is 35.5. The van der Waals surface area contributed by atoms with Gasteiger partial charge in [0.1, 0.15) is 0 Å². The van der Waals surface area contributed by atoms with Crippen LogP contribution in [0.4, 0.5) is 0 Å². The van der Waals surface area contributed by atoms with Gasteiger partial charge in [0.2, 0.25) is 0 Å². The topological polar surface area (TPSA) is 38.9 Å². The van der Waals surface area contributed by atoms with Crippen LogP contribution in [0, 0.1) is 0 Å². The molecule has 2 N–H and O–H groups in total. The van der Waals surface area contributed by atoms with Gasteiger partial charge < -0.3 is 5.73 Å². The Hall–Kier alpha value is -1.09.